The van der Waals surface area contributed by atoms with Crippen molar-refractivity contribution in [1.82, 2.24) is 4.90 Å². The van der Waals surface area contributed by atoms with Crippen molar-refractivity contribution in [3.8, 4) is 0 Å². The first-order valence-corrected chi connectivity index (χ1v) is 6.43. The SMILES string of the molecule is O=C(Cc1cccc(I)c1)N1CC[C@@H](O)C1. The van der Waals surface area contributed by atoms with Gasteiger partial charge in [-0.3, -0.25) is 4.79 Å². The number of amides is 1. The van der Waals surface area contributed by atoms with Crippen LogP contribution in [0.25, 0.3) is 0 Å². The highest BCUT2D eigenvalue weighted by atomic mass is 127. The van der Waals surface area contributed by atoms with Crippen LogP contribution in [-0.2, 0) is 11.2 Å². The molecule has 0 saturated carbocycles. The van der Waals surface area contributed by atoms with Gasteiger partial charge in [0.25, 0.3) is 0 Å². The number of hydrogen-bond donors (Lipinski definition) is 1. The van der Waals surface area contributed by atoms with Crippen LogP contribution in [0.5, 0.6) is 0 Å². The second-order valence-corrected chi connectivity index (χ2v) is 5.33. The lowest BCUT2D eigenvalue weighted by Crippen LogP contribution is -2.30. The fourth-order valence-electron chi connectivity index (χ4n) is 1.90. The molecule has 0 spiro atoms. The Bertz CT molecular complexity index is 394. The summed E-state index contributed by atoms with van der Waals surface area (Å²) in [6.45, 7) is 1.17. The fourth-order valence-corrected chi connectivity index (χ4v) is 2.51. The van der Waals surface area contributed by atoms with Crippen molar-refractivity contribution in [3.05, 3.63) is 33.4 Å². The van der Waals surface area contributed by atoms with E-state index in [1.165, 1.54) is 0 Å². The van der Waals surface area contributed by atoms with Crippen molar-refractivity contribution < 1.29 is 9.90 Å². The van der Waals surface area contributed by atoms with E-state index in [0.29, 0.717) is 25.9 Å². The summed E-state index contributed by atoms with van der Waals surface area (Å²) in [7, 11) is 0. The number of rotatable bonds is 2. The van der Waals surface area contributed by atoms with Gasteiger partial charge in [-0.25, -0.2) is 0 Å². The summed E-state index contributed by atoms with van der Waals surface area (Å²) in [6.07, 6.45) is 0.807. The molecule has 0 aromatic heterocycles. The number of β-amino-alcohol motifs (C(OH)–C–C–N with tert-alkyl or cyclic N) is 1. The molecule has 1 N–H and O–H groups in total. The highest BCUT2D eigenvalue weighted by molar-refractivity contribution is 14.1. The number of aliphatic hydroxyl groups excluding tert-OH is 1. The van der Waals surface area contributed by atoms with Crippen molar-refractivity contribution in [2.75, 3.05) is 13.1 Å². The summed E-state index contributed by atoms with van der Waals surface area (Å²) in [5.41, 5.74) is 1.04. The lowest BCUT2D eigenvalue weighted by Gasteiger charge is -2.15. The predicted molar refractivity (Wildman–Crippen MR) is 70.1 cm³/mol. The maximum atomic E-state index is 11.9. The van der Waals surface area contributed by atoms with E-state index in [0.717, 1.165) is 9.13 Å². The fraction of sp³-hybridized carbons (Fsp3) is 0.417. The number of halogens is 1. The molecule has 3 nitrogen and oxygen atoms in total. The summed E-state index contributed by atoms with van der Waals surface area (Å²) in [6, 6.07) is 7.95. The Kier molecular flexibility index (Phi) is 3.81. The van der Waals surface area contributed by atoms with Crippen LogP contribution >= 0.6 is 22.6 Å². The molecule has 1 heterocycles. The second-order valence-electron chi connectivity index (χ2n) is 4.09. The van der Waals surface area contributed by atoms with E-state index in [1.807, 2.05) is 24.3 Å². The minimum absolute atomic E-state index is 0.110. The van der Waals surface area contributed by atoms with Crippen LogP contribution in [0.3, 0.4) is 0 Å². The zero-order valence-electron chi connectivity index (χ0n) is 8.90. The summed E-state index contributed by atoms with van der Waals surface area (Å²) < 4.78 is 1.14. The molecule has 86 valence electrons. The lowest BCUT2D eigenvalue weighted by molar-refractivity contribution is -0.129. The molecule has 16 heavy (non-hydrogen) atoms. The largest absolute Gasteiger partial charge is 0.391 e. The summed E-state index contributed by atoms with van der Waals surface area (Å²) in [5.74, 6) is 0.110. The van der Waals surface area contributed by atoms with Gasteiger partial charge >= 0.3 is 0 Å². The van der Waals surface area contributed by atoms with E-state index in [4.69, 9.17) is 0 Å². The molecule has 1 aliphatic heterocycles. The first-order chi connectivity index (χ1) is 7.65. The Labute approximate surface area is 109 Å². The number of likely N-dealkylation sites (tertiary alicyclic amines) is 1. The van der Waals surface area contributed by atoms with Crippen LogP contribution in [0, 0.1) is 3.57 Å². The molecular weight excluding hydrogens is 317 g/mol. The average molecular weight is 331 g/mol. The van der Waals surface area contributed by atoms with E-state index in [1.54, 1.807) is 4.90 Å². The first-order valence-electron chi connectivity index (χ1n) is 5.35. The van der Waals surface area contributed by atoms with Gasteiger partial charge in [-0.05, 0) is 46.7 Å². The normalized spacial score (nSPS) is 20.1. The molecule has 1 saturated heterocycles. The predicted octanol–water partition coefficient (Wildman–Crippen LogP) is 1.43. The van der Waals surface area contributed by atoms with E-state index in [2.05, 4.69) is 22.6 Å². The van der Waals surface area contributed by atoms with Crippen LogP contribution in [0.1, 0.15) is 12.0 Å². The molecule has 1 fully saturated rings. The van der Waals surface area contributed by atoms with E-state index < -0.39 is 0 Å². The molecule has 1 atom stereocenters. The van der Waals surface area contributed by atoms with Crippen molar-refractivity contribution >= 4 is 28.5 Å². The minimum atomic E-state index is -0.333. The van der Waals surface area contributed by atoms with Crippen LogP contribution < -0.4 is 0 Å². The molecule has 2 rings (SSSR count). The second kappa shape index (κ2) is 5.14. The molecule has 0 radical (unpaired) electrons. The Balaban J connectivity index is 1.97. The van der Waals surface area contributed by atoms with E-state index >= 15 is 0 Å². The molecule has 4 heteroatoms. The van der Waals surface area contributed by atoms with Gasteiger partial charge in [0.15, 0.2) is 0 Å². The Morgan fingerprint density at radius 1 is 1.56 bits per heavy atom. The van der Waals surface area contributed by atoms with Crippen molar-refractivity contribution in [2.45, 2.75) is 18.9 Å². The summed E-state index contributed by atoms with van der Waals surface area (Å²) in [4.78, 5) is 13.6. The number of carbonyl (C=O) groups is 1. The standard InChI is InChI=1S/C12H14INO2/c13-10-3-1-2-9(6-10)7-12(16)14-5-4-11(15)8-14/h1-3,6,11,15H,4-5,7-8H2/t11-/m1/s1. The smallest absolute Gasteiger partial charge is 0.227 e. The Morgan fingerprint density at radius 2 is 2.38 bits per heavy atom. The van der Waals surface area contributed by atoms with Crippen molar-refractivity contribution in [2.24, 2.45) is 0 Å². The maximum absolute atomic E-state index is 11.9. The maximum Gasteiger partial charge on any atom is 0.227 e. The summed E-state index contributed by atoms with van der Waals surface area (Å²) in [5, 5.41) is 9.36. The molecule has 1 amide bonds. The third-order valence-electron chi connectivity index (χ3n) is 2.76. The molecule has 0 unspecified atom stereocenters. The quantitative estimate of drug-likeness (QED) is 0.833. The number of nitrogens with zero attached hydrogens (tertiary/aromatic N) is 1. The van der Waals surface area contributed by atoms with E-state index in [-0.39, 0.29) is 12.0 Å². The molecule has 1 aromatic rings. The van der Waals surface area contributed by atoms with Gasteiger partial charge in [0.1, 0.15) is 0 Å². The Hall–Kier alpha value is -0.620. The highest BCUT2D eigenvalue weighted by Crippen LogP contribution is 2.13. The van der Waals surface area contributed by atoms with Gasteiger partial charge in [0.2, 0.25) is 5.91 Å². The van der Waals surface area contributed by atoms with Crippen molar-refractivity contribution in [1.29, 1.82) is 0 Å². The third-order valence-corrected chi connectivity index (χ3v) is 3.43. The number of aliphatic hydroxyl groups is 1. The number of hydrogen-bond acceptors (Lipinski definition) is 2. The van der Waals surface area contributed by atoms with Crippen LogP contribution in [0.4, 0.5) is 0 Å². The van der Waals surface area contributed by atoms with Gasteiger partial charge in [0.05, 0.1) is 12.5 Å². The van der Waals surface area contributed by atoms with Gasteiger partial charge in [-0.15, -0.1) is 0 Å². The van der Waals surface area contributed by atoms with Gasteiger partial charge in [-0.1, -0.05) is 12.1 Å². The number of carbonyl (C=O) groups excluding carboxylic acids is 1. The van der Waals surface area contributed by atoms with Crippen LogP contribution in [0.15, 0.2) is 24.3 Å². The van der Waals surface area contributed by atoms with Gasteiger partial charge < -0.3 is 10.0 Å². The number of benzene rings is 1. The highest BCUT2D eigenvalue weighted by Gasteiger charge is 2.24. The van der Waals surface area contributed by atoms with Gasteiger partial charge in [-0.2, -0.15) is 0 Å². The molecule has 0 bridgehead atoms. The van der Waals surface area contributed by atoms with Crippen LogP contribution in [0.2, 0.25) is 0 Å². The molecule has 1 aliphatic rings. The monoisotopic (exact) mass is 331 g/mol. The average Bonchev–Trinajstić information content (AvgIpc) is 2.65. The van der Waals surface area contributed by atoms with Gasteiger partial charge in [0, 0.05) is 16.7 Å². The molecule has 0 aliphatic carbocycles. The summed E-state index contributed by atoms with van der Waals surface area (Å²) >= 11 is 2.24. The first kappa shape index (κ1) is 11.9. The topological polar surface area (TPSA) is 40.5 Å². The Morgan fingerprint density at radius 3 is 3.00 bits per heavy atom. The van der Waals surface area contributed by atoms with Crippen molar-refractivity contribution in [3.63, 3.8) is 0 Å². The zero-order valence-corrected chi connectivity index (χ0v) is 11.1. The van der Waals surface area contributed by atoms with E-state index in [9.17, 15) is 9.90 Å². The van der Waals surface area contributed by atoms with Crippen LogP contribution in [-0.4, -0.2) is 35.1 Å². The zero-order chi connectivity index (χ0) is 11.5. The third kappa shape index (κ3) is 2.95. The molecular formula is C12H14INO2. The molecule has 1 aromatic carbocycles. The minimum Gasteiger partial charge on any atom is -0.391 e. The lowest BCUT2D eigenvalue weighted by atomic mass is 10.1.